The molecule has 0 saturated carbocycles. The van der Waals surface area contributed by atoms with E-state index >= 15 is 0 Å². The third-order valence-corrected chi connectivity index (χ3v) is 2.74. The van der Waals surface area contributed by atoms with Crippen LogP contribution in [0.15, 0.2) is 41.6 Å². The van der Waals surface area contributed by atoms with Crippen molar-refractivity contribution in [1.29, 1.82) is 0 Å². The van der Waals surface area contributed by atoms with Crippen LogP contribution >= 0.6 is 0 Å². The summed E-state index contributed by atoms with van der Waals surface area (Å²) in [6, 6.07) is 6.73. The molecule has 0 radical (unpaired) electrons. The Labute approximate surface area is 118 Å². The average Bonchev–Trinajstić information content (AvgIpc) is 2.48. The van der Waals surface area contributed by atoms with Crippen LogP contribution in [0.1, 0.15) is 11.1 Å². The predicted octanol–water partition coefficient (Wildman–Crippen LogP) is 2.78. The van der Waals surface area contributed by atoms with Crippen LogP contribution in [-0.4, -0.2) is 11.0 Å². The number of nitrogens with zero attached hydrogens (tertiary/aromatic N) is 1. The number of hydrogen-bond donors (Lipinski definition) is 2. The second kappa shape index (κ2) is 6.17. The Morgan fingerprint density at radius 1 is 1.10 bits per heavy atom. The first kappa shape index (κ1) is 14.7. The van der Waals surface area contributed by atoms with E-state index in [4.69, 9.17) is 15.7 Å². The SMILES string of the molecule is NC(=NO)c1cc(F)ccc1COc1ccc(F)c(F)c1. The van der Waals surface area contributed by atoms with Crippen molar-refractivity contribution in [3.8, 4) is 5.75 Å². The van der Waals surface area contributed by atoms with Gasteiger partial charge in [-0.05, 0) is 24.3 Å². The fourth-order valence-corrected chi connectivity index (χ4v) is 1.69. The van der Waals surface area contributed by atoms with Crippen molar-refractivity contribution >= 4 is 5.84 Å². The monoisotopic (exact) mass is 296 g/mol. The third kappa shape index (κ3) is 3.44. The number of benzene rings is 2. The maximum atomic E-state index is 13.2. The molecular formula is C14H11F3N2O2. The maximum Gasteiger partial charge on any atom is 0.170 e. The highest BCUT2D eigenvalue weighted by atomic mass is 19.2. The summed E-state index contributed by atoms with van der Waals surface area (Å²) in [5.41, 5.74) is 6.03. The molecule has 0 spiro atoms. The molecule has 7 heteroatoms. The zero-order valence-corrected chi connectivity index (χ0v) is 10.7. The molecule has 0 aliphatic carbocycles. The third-order valence-electron chi connectivity index (χ3n) is 2.74. The van der Waals surface area contributed by atoms with Gasteiger partial charge in [0, 0.05) is 17.2 Å². The normalized spacial score (nSPS) is 11.5. The van der Waals surface area contributed by atoms with Crippen LogP contribution in [0.25, 0.3) is 0 Å². The first-order chi connectivity index (χ1) is 10.0. The second-order valence-corrected chi connectivity index (χ2v) is 4.15. The van der Waals surface area contributed by atoms with Gasteiger partial charge in [-0.25, -0.2) is 13.2 Å². The lowest BCUT2D eigenvalue weighted by Crippen LogP contribution is -2.17. The summed E-state index contributed by atoms with van der Waals surface area (Å²) < 4.78 is 44.3. The van der Waals surface area contributed by atoms with Crippen LogP contribution in [0.3, 0.4) is 0 Å². The number of ether oxygens (including phenoxy) is 1. The molecule has 4 nitrogen and oxygen atoms in total. The van der Waals surface area contributed by atoms with E-state index in [1.807, 2.05) is 0 Å². The number of hydrogen-bond acceptors (Lipinski definition) is 3. The maximum absolute atomic E-state index is 13.2. The number of rotatable bonds is 4. The molecule has 0 amide bonds. The Morgan fingerprint density at radius 2 is 1.86 bits per heavy atom. The molecule has 2 aromatic rings. The number of amidine groups is 1. The van der Waals surface area contributed by atoms with Gasteiger partial charge in [-0.2, -0.15) is 0 Å². The summed E-state index contributed by atoms with van der Waals surface area (Å²) in [4.78, 5) is 0. The summed E-state index contributed by atoms with van der Waals surface area (Å²) in [6.07, 6.45) is 0. The first-order valence-electron chi connectivity index (χ1n) is 5.85. The zero-order valence-electron chi connectivity index (χ0n) is 10.7. The minimum atomic E-state index is -1.04. The predicted molar refractivity (Wildman–Crippen MR) is 69.6 cm³/mol. The molecule has 110 valence electrons. The fraction of sp³-hybridized carbons (Fsp3) is 0.0714. The van der Waals surface area contributed by atoms with Crippen molar-refractivity contribution in [1.82, 2.24) is 0 Å². The first-order valence-corrected chi connectivity index (χ1v) is 5.85. The van der Waals surface area contributed by atoms with Gasteiger partial charge in [0.2, 0.25) is 0 Å². The lowest BCUT2D eigenvalue weighted by molar-refractivity contribution is 0.302. The smallest absolute Gasteiger partial charge is 0.170 e. The molecule has 2 aromatic carbocycles. The molecule has 2 rings (SSSR count). The summed E-state index contributed by atoms with van der Waals surface area (Å²) in [6.45, 7) is -0.0864. The van der Waals surface area contributed by atoms with Gasteiger partial charge < -0.3 is 15.7 Å². The summed E-state index contributed by atoms with van der Waals surface area (Å²) in [5.74, 6) is -2.76. The molecule has 0 aliphatic rings. The van der Waals surface area contributed by atoms with Gasteiger partial charge in [0.15, 0.2) is 17.5 Å². The molecule has 0 fully saturated rings. The summed E-state index contributed by atoms with van der Waals surface area (Å²) in [5, 5.41) is 11.5. The van der Waals surface area contributed by atoms with Gasteiger partial charge >= 0.3 is 0 Å². The van der Waals surface area contributed by atoms with Gasteiger partial charge in [-0.15, -0.1) is 0 Å². The van der Waals surface area contributed by atoms with Crippen molar-refractivity contribution in [3.05, 3.63) is 65.0 Å². The number of oxime groups is 1. The van der Waals surface area contributed by atoms with Gasteiger partial charge in [0.1, 0.15) is 18.2 Å². The average molecular weight is 296 g/mol. The molecule has 0 aliphatic heterocycles. The highest BCUT2D eigenvalue weighted by Crippen LogP contribution is 2.18. The topological polar surface area (TPSA) is 67.8 Å². The van der Waals surface area contributed by atoms with Gasteiger partial charge in [-0.3, -0.25) is 0 Å². The standard InChI is InChI=1S/C14H11F3N2O2/c15-9-2-1-8(11(5-9)14(18)19-20)7-21-10-3-4-12(16)13(17)6-10/h1-6,20H,7H2,(H2,18,19). The van der Waals surface area contributed by atoms with E-state index in [1.165, 1.54) is 18.2 Å². The van der Waals surface area contributed by atoms with Crippen molar-refractivity contribution < 1.29 is 23.1 Å². The Bertz CT molecular complexity index is 690. The molecule has 21 heavy (non-hydrogen) atoms. The Morgan fingerprint density at radius 3 is 2.52 bits per heavy atom. The van der Waals surface area contributed by atoms with Crippen molar-refractivity contribution in [2.24, 2.45) is 10.9 Å². The van der Waals surface area contributed by atoms with E-state index in [9.17, 15) is 13.2 Å². The Kier molecular flexibility index (Phi) is 4.32. The number of nitrogens with two attached hydrogens (primary N) is 1. The van der Waals surface area contributed by atoms with E-state index in [1.54, 1.807) is 0 Å². The van der Waals surface area contributed by atoms with Crippen LogP contribution in [0.4, 0.5) is 13.2 Å². The Hall–Kier alpha value is -2.70. The molecule has 0 heterocycles. The molecule has 0 saturated heterocycles. The van der Waals surface area contributed by atoms with E-state index in [0.717, 1.165) is 18.2 Å². The molecule has 0 aromatic heterocycles. The van der Waals surface area contributed by atoms with Crippen LogP contribution in [0, 0.1) is 17.5 Å². The minimum Gasteiger partial charge on any atom is -0.489 e. The summed E-state index contributed by atoms with van der Waals surface area (Å²) in [7, 11) is 0. The van der Waals surface area contributed by atoms with Crippen molar-refractivity contribution in [2.45, 2.75) is 6.61 Å². The highest BCUT2D eigenvalue weighted by Gasteiger charge is 2.10. The largest absolute Gasteiger partial charge is 0.489 e. The van der Waals surface area contributed by atoms with Crippen LogP contribution < -0.4 is 10.5 Å². The minimum absolute atomic E-state index is 0.0864. The van der Waals surface area contributed by atoms with E-state index in [2.05, 4.69) is 5.16 Å². The van der Waals surface area contributed by atoms with Gasteiger partial charge in [-0.1, -0.05) is 11.2 Å². The molecule has 0 atom stereocenters. The van der Waals surface area contributed by atoms with Gasteiger partial charge in [0.25, 0.3) is 0 Å². The lowest BCUT2D eigenvalue weighted by Gasteiger charge is -2.10. The molecule has 0 unspecified atom stereocenters. The number of halogens is 3. The molecule has 3 N–H and O–H groups in total. The van der Waals surface area contributed by atoms with E-state index in [0.29, 0.717) is 5.56 Å². The molecular weight excluding hydrogens is 285 g/mol. The van der Waals surface area contributed by atoms with E-state index < -0.39 is 17.5 Å². The second-order valence-electron chi connectivity index (χ2n) is 4.15. The van der Waals surface area contributed by atoms with E-state index in [-0.39, 0.29) is 23.8 Å². The van der Waals surface area contributed by atoms with Crippen molar-refractivity contribution in [2.75, 3.05) is 0 Å². The quantitative estimate of drug-likeness (QED) is 0.394. The highest BCUT2D eigenvalue weighted by molar-refractivity contribution is 5.98. The van der Waals surface area contributed by atoms with Crippen LogP contribution in [0.2, 0.25) is 0 Å². The lowest BCUT2D eigenvalue weighted by atomic mass is 10.1. The summed E-state index contributed by atoms with van der Waals surface area (Å²) >= 11 is 0. The zero-order chi connectivity index (χ0) is 15.4. The fourth-order valence-electron chi connectivity index (χ4n) is 1.69. The van der Waals surface area contributed by atoms with Crippen molar-refractivity contribution in [3.63, 3.8) is 0 Å². The Balaban J connectivity index is 2.21. The molecule has 0 bridgehead atoms. The van der Waals surface area contributed by atoms with Crippen LogP contribution in [-0.2, 0) is 6.61 Å². The van der Waals surface area contributed by atoms with Gasteiger partial charge in [0.05, 0.1) is 0 Å². The van der Waals surface area contributed by atoms with Crippen LogP contribution in [0.5, 0.6) is 5.75 Å².